The Balaban J connectivity index is 1.85. The molecule has 0 aliphatic rings. The molecule has 1 heterocycles. The van der Waals surface area contributed by atoms with Crippen LogP contribution in [-0.2, 0) is 11.3 Å². The Morgan fingerprint density at radius 2 is 1.82 bits per heavy atom. The number of carbonyl (C=O) groups is 1. The van der Waals surface area contributed by atoms with E-state index in [1.165, 1.54) is 6.07 Å². The number of hydrogen-bond donors (Lipinski definition) is 0. The summed E-state index contributed by atoms with van der Waals surface area (Å²) in [5.41, 5.74) is 0.456. The first-order valence-corrected chi connectivity index (χ1v) is 7.38. The Bertz CT molecular complexity index is 898. The SMILES string of the molecule is O=C(OCc1ccccc1Br)c1cc2ccccc2oc1=O. The summed E-state index contributed by atoms with van der Waals surface area (Å²) in [6.45, 7) is 0.0759. The van der Waals surface area contributed by atoms with Gasteiger partial charge in [-0.15, -0.1) is 0 Å². The van der Waals surface area contributed by atoms with Crippen molar-refractivity contribution in [2.45, 2.75) is 6.61 Å². The fourth-order valence-electron chi connectivity index (χ4n) is 2.04. The number of carbonyl (C=O) groups excluding carboxylic acids is 1. The van der Waals surface area contributed by atoms with Gasteiger partial charge in [0.05, 0.1) is 0 Å². The van der Waals surface area contributed by atoms with E-state index in [0.29, 0.717) is 11.0 Å². The fraction of sp³-hybridized carbons (Fsp3) is 0.0588. The van der Waals surface area contributed by atoms with Crippen LogP contribution in [0.25, 0.3) is 11.0 Å². The van der Waals surface area contributed by atoms with E-state index in [9.17, 15) is 9.59 Å². The quantitative estimate of drug-likeness (QED) is 0.526. The van der Waals surface area contributed by atoms with Crippen molar-refractivity contribution in [1.29, 1.82) is 0 Å². The standard InChI is InChI=1S/C17H11BrO4/c18-14-7-3-1-6-12(14)10-21-16(19)13-9-11-5-2-4-8-15(11)22-17(13)20/h1-9H,10H2. The molecule has 0 aliphatic carbocycles. The van der Waals surface area contributed by atoms with Crippen LogP contribution in [0.4, 0.5) is 0 Å². The predicted molar refractivity (Wildman–Crippen MR) is 85.7 cm³/mol. The maximum absolute atomic E-state index is 12.1. The van der Waals surface area contributed by atoms with Crippen LogP contribution < -0.4 is 5.63 Å². The largest absolute Gasteiger partial charge is 0.457 e. The van der Waals surface area contributed by atoms with Gasteiger partial charge in [0, 0.05) is 15.4 Å². The molecule has 0 amide bonds. The van der Waals surface area contributed by atoms with Gasteiger partial charge in [-0.2, -0.15) is 0 Å². The van der Waals surface area contributed by atoms with Crippen molar-refractivity contribution in [2.75, 3.05) is 0 Å². The first-order chi connectivity index (χ1) is 10.6. The van der Waals surface area contributed by atoms with Crippen molar-refractivity contribution in [3.05, 3.63) is 80.6 Å². The lowest BCUT2D eigenvalue weighted by atomic mass is 10.2. The number of benzene rings is 2. The van der Waals surface area contributed by atoms with Crippen LogP contribution in [0.2, 0.25) is 0 Å². The van der Waals surface area contributed by atoms with E-state index in [1.54, 1.807) is 24.3 Å². The first-order valence-electron chi connectivity index (χ1n) is 6.58. The minimum Gasteiger partial charge on any atom is -0.457 e. The maximum Gasteiger partial charge on any atom is 0.351 e. The average Bonchev–Trinajstić information content (AvgIpc) is 2.53. The first kappa shape index (κ1) is 14.5. The summed E-state index contributed by atoms with van der Waals surface area (Å²) in [5, 5.41) is 0.676. The van der Waals surface area contributed by atoms with Crippen molar-refractivity contribution in [1.82, 2.24) is 0 Å². The van der Waals surface area contributed by atoms with Crippen LogP contribution in [0.1, 0.15) is 15.9 Å². The van der Waals surface area contributed by atoms with E-state index in [4.69, 9.17) is 9.15 Å². The molecule has 0 bridgehead atoms. The van der Waals surface area contributed by atoms with Crippen molar-refractivity contribution in [2.24, 2.45) is 0 Å². The van der Waals surface area contributed by atoms with Crippen LogP contribution >= 0.6 is 15.9 Å². The number of halogens is 1. The molecule has 0 aliphatic heterocycles. The highest BCUT2D eigenvalue weighted by Crippen LogP contribution is 2.18. The van der Waals surface area contributed by atoms with Crippen molar-refractivity contribution >= 4 is 32.9 Å². The smallest absolute Gasteiger partial charge is 0.351 e. The topological polar surface area (TPSA) is 56.5 Å². The minimum absolute atomic E-state index is 0.0759. The third kappa shape index (κ3) is 2.94. The maximum atomic E-state index is 12.1. The zero-order valence-electron chi connectivity index (χ0n) is 11.4. The number of rotatable bonds is 3. The van der Waals surface area contributed by atoms with Gasteiger partial charge in [0.1, 0.15) is 17.8 Å². The van der Waals surface area contributed by atoms with Crippen molar-refractivity contribution in [3.8, 4) is 0 Å². The number of esters is 1. The van der Waals surface area contributed by atoms with E-state index in [-0.39, 0.29) is 12.2 Å². The Morgan fingerprint density at radius 1 is 1.09 bits per heavy atom. The normalized spacial score (nSPS) is 10.6. The summed E-state index contributed by atoms with van der Waals surface area (Å²) in [4.78, 5) is 24.0. The molecule has 0 atom stereocenters. The lowest BCUT2D eigenvalue weighted by Gasteiger charge is -2.06. The third-order valence-corrected chi connectivity index (χ3v) is 3.95. The molecule has 2 aromatic carbocycles. The predicted octanol–water partition coefficient (Wildman–Crippen LogP) is 3.91. The van der Waals surface area contributed by atoms with Crippen LogP contribution in [0, 0.1) is 0 Å². The van der Waals surface area contributed by atoms with Crippen molar-refractivity contribution < 1.29 is 13.9 Å². The summed E-state index contributed by atoms with van der Waals surface area (Å²) in [6, 6.07) is 15.9. The molecule has 4 nitrogen and oxygen atoms in total. The molecule has 110 valence electrons. The average molecular weight is 359 g/mol. The van der Waals surface area contributed by atoms with Gasteiger partial charge in [0.2, 0.25) is 0 Å². The van der Waals surface area contributed by atoms with Gasteiger partial charge in [-0.1, -0.05) is 52.3 Å². The number of fused-ring (bicyclic) bond motifs is 1. The monoisotopic (exact) mass is 358 g/mol. The molecule has 0 saturated carbocycles. The zero-order chi connectivity index (χ0) is 15.5. The number of hydrogen-bond acceptors (Lipinski definition) is 4. The van der Waals surface area contributed by atoms with Crippen LogP contribution in [-0.4, -0.2) is 5.97 Å². The molecule has 0 saturated heterocycles. The molecule has 0 spiro atoms. The lowest BCUT2D eigenvalue weighted by molar-refractivity contribution is 0.0467. The second kappa shape index (κ2) is 6.15. The Kier molecular flexibility index (Phi) is 4.06. The molecule has 3 aromatic rings. The number of para-hydroxylation sites is 1. The van der Waals surface area contributed by atoms with Gasteiger partial charge in [0.25, 0.3) is 0 Å². The molecule has 1 aromatic heterocycles. The molecule has 0 fully saturated rings. The van der Waals surface area contributed by atoms with Crippen LogP contribution in [0.3, 0.4) is 0 Å². The van der Waals surface area contributed by atoms with Gasteiger partial charge in [0.15, 0.2) is 0 Å². The fourth-order valence-corrected chi connectivity index (χ4v) is 2.44. The Hall–Kier alpha value is -2.40. The molecule has 3 rings (SSSR count). The lowest BCUT2D eigenvalue weighted by Crippen LogP contribution is -2.16. The highest BCUT2D eigenvalue weighted by atomic mass is 79.9. The molecule has 22 heavy (non-hydrogen) atoms. The molecule has 0 N–H and O–H groups in total. The Morgan fingerprint density at radius 3 is 2.64 bits per heavy atom. The highest BCUT2D eigenvalue weighted by molar-refractivity contribution is 9.10. The van der Waals surface area contributed by atoms with Gasteiger partial charge < -0.3 is 9.15 Å². The molecule has 5 heteroatoms. The second-order valence-electron chi connectivity index (χ2n) is 4.65. The van der Waals surface area contributed by atoms with E-state index in [0.717, 1.165) is 10.0 Å². The van der Waals surface area contributed by atoms with E-state index in [1.807, 2.05) is 24.3 Å². The minimum atomic E-state index is -0.699. The summed E-state index contributed by atoms with van der Waals surface area (Å²) in [7, 11) is 0. The van der Waals surface area contributed by atoms with E-state index in [2.05, 4.69) is 15.9 Å². The highest BCUT2D eigenvalue weighted by Gasteiger charge is 2.15. The molecular weight excluding hydrogens is 348 g/mol. The zero-order valence-corrected chi connectivity index (χ0v) is 13.0. The molecule has 0 radical (unpaired) electrons. The van der Waals surface area contributed by atoms with Crippen molar-refractivity contribution in [3.63, 3.8) is 0 Å². The van der Waals surface area contributed by atoms with Crippen LogP contribution in [0.15, 0.2) is 68.3 Å². The van der Waals surface area contributed by atoms with Gasteiger partial charge in [-0.3, -0.25) is 0 Å². The van der Waals surface area contributed by atoms with Gasteiger partial charge in [-0.25, -0.2) is 9.59 Å². The third-order valence-electron chi connectivity index (χ3n) is 3.18. The van der Waals surface area contributed by atoms with Gasteiger partial charge in [-0.05, 0) is 18.2 Å². The number of ether oxygens (including phenoxy) is 1. The van der Waals surface area contributed by atoms with Gasteiger partial charge >= 0.3 is 11.6 Å². The Labute approximate surface area is 134 Å². The van der Waals surface area contributed by atoms with E-state index >= 15 is 0 Å². The summed E-state index contributed by atoms with van der Waals surface area (Å²) >= 11 is 3.38. The summed E-state index contributed by atoms with van der Waals surface area (Å²) in [5.74, 6) is -0.699. The molecule has 0 unspecified atom stereocenters. The molecular formula is C17H11BrO4. The summed E-state index contributed by atoms with van der Waals surface area (Å²) < 4.78 is 11.2. The van der Waals surface area contributed by atoms with E-state index < -0.39 is 11.6 Å². The summed E-state index contributed by atoms with van der Waals surface area (Å²) in [6.07, 6.45) is 0. The van der Waals surface area contributed by atoms with Crippen LogP contribution in [0.5, 0.6) is 0 Å². The second-order valence-corrected chi connectivity index (χ2v) is 5.51.